The summed E-state index contributed by atoms with van der Waals surface area (Å²) in [5.41, 5.74) is 8.50. The molecule has 0 amide bonds. The van der Waals surface area contributed by atoms with Crippen molar-refractivity contribution in [1.29, 1.82) is 0 Å². The first-order valence-electron chi connectivity index (χ1n) is 10.1. The lowest BCUT2D eigenvalue weighted by atomic mass is 9.84. The highest BCUT2D eigenvalue weighted by Gasteiger charge is 2.39. The van der Waals surface area contributed by atoms with Crippen LogP contribution in [0.1, 0.15) is 45.7 Å². The summed E-state index contributed by atoms with van der Waals surface area (Å²) in [7, 11) is 6.74. The van der Waals surface area contributed by atoms with E-state index in [0.717, 1.165) is 25.9 Å². The molecule has 0 spiro atoms. The summed E-state index contributed by atoms with van der Waals surface area (Å²) >= 11 is 0. The first-order chi connectivity index (χ1) is 13.7. The van der Waals surface area contributed by atoms with Gasteiger partial charge in [-0.05, 0) is 37.4 Å². The third-order valence-electron chi connectivity index (χ3n) is 6.55. The molecule has 5 nitrogen and oxygen atoms in total. The van der Waals surface area contributed by atoms with E-state index in [1.54, 1.807) is 0 Å². The van der Waals surface area contributed by atoms with Gasteiger partial charge in [-0.2, -0.15) is 0 Å². The van der Waals surface area contributed by atoms with Gasteiger partial charge in [0.25, 0.3) is 0 Å². The predicted molar refractivity (Wildman–Crippen MR) is 110 cm³/mol. The van der Waals surface area contributed by atoms with Crippen LogP contribution >= 0.6 is 0 Å². The van der Waals surface area contributed by atoms with E-state index in [9.17, 15) is 0 Å². The molecular weight excluding hydrogens is 346 g/mol. The molecule has 0 aromatic carbocycles. The number of fused-ring (bicyclic) bond motifs is 3. The minimum Gasteiger partial charge on any atom is -0.351 e. The zero-order valence-electron chi connectivity index (χ0n) is 16.8. The second kappa shape index (κ2) is 6.83. The summed E-state index contributed by atoms with van der Waals surface area (Å²) in [5, 5.41) is 0. The third kappa shape index (κ3) is 2.61. The summed E-state index contributed by atoms with van der Waals surface area (Å²) in [5.74, 6) is 0. The Hall–Kier alpha value is -2.50. The number of aromatic nitrogens is 3. The maximum Gasteiger partial charge on any atom is 0.0636 e. The fourth-order valence-corrected chi connectivity index (χ4v) is 5.23. The molecule has 2 atom stereocenters. The molecular formula is C23H27N5. The molecule has 3 aromatic heterocycles. The van der Waals surface area contributed by atoms with Crippen molar-refractivity contribution in [3.63, 3.8) is 0 Å². The second-order valence-corrected chi connectivity index (χ2v) is 8.12. The van der Waals surface area contributed by atoms with Crippen LogP contribution in [0.25, 0.3) is 0 Å². The van der Waals surface area contributed by atoms with Gasteiger partial charge in [-0.3, -0.25) is 19.8 Å². The fraction of sp³-hybridized carbons (Fsp3) is 0.391. The molecule has 0 bridgehead atoms. The SMILES string of the molecule is CN1CCc2c(c3c(n2C)CCN(C)[C@H]3c2cccnc2)[C@H]1c1cccnc1. The molecule has 3 aromatic rings. The molecule has 0 unspecified atom stereocenters. The number of rotatable bonds is 2. The third-order valence-corrected chi connectivity index (χ3v) is 6.55. The average molecular weight is 374 g/mol. The van der Waals surface area contributed by atoms with Crippen LogP contribution in [0.15, 0.2) is 49.1 Å². The molecule has 0 radical (unpaired) electrons. The highest BCUT2D eigenvalue weighted by atomic mass is 15.2. The summed E-state index contributed by atoms with van der Waals surface area (Å²) in [6.07, 6.45) is 9.97. The quantitative estimate of drug-likeness (QED) is 0.692. The Morgan fingerprint density at radius 2 is 1.21 bits per heavy atom. The first-order valence-corrected chi connectivity index (χ1v) is 10.1. The van der Waals surface area contributed by atoms with Crippen LogP contribution in [0, 0.1) is 0 Å². The zero-order valence-corrected chi connectivity index (χ0v) is 16.8. The molecule has 0 fully saturated rings. The van der Waals surface area contributed by atoms with Crippen molar-refractivity contribution in [2.75, 3.05) is 27.2 Å². The van der Waals surface area contributed by atoms with Crippen molar-refractivity contribution in [1.82, 2.24) is 24.3 Å². The summed E-state index contributed by atoms with van der Waals surface area (Å²) in [6.45, 7) is 2.13. The zero-order chi connectivity index (χ0) is 19.3. The van der Waals surface area contributed by atoms with Gasteiger partial charge in [0, 0.05) is 80.3 Å². The first kappa shape index (κ1) is 17.6. The Balaban J connectivity index is 1.76. The lowest BCUT2D eigenvalue weighted by Gasteiger charge is -2.38. The Morgan fingerprint density at radius 3 is 1.61 bits per heavy atom. The van der Waals surface area contributed by atoms with Crippen molar-refractivity contribution in [2.24, 2.45) is 7.05 Å². The van der Waals surface area contributed by atoms with Crippen LogP contribution in [-0.2, 0) is 19.9 Å². The minimum absolute atomic E-state index is 0.248. The number of nitrogens with zero attached hydrogens (tertiary/aromatic N) is 5. The normalized spacial score (nSPS) is 22.7. The van der Waals surface area contributed by atoms with Crippen LogP contribution in [0.2, 0.25) is 0 Å². The summed E-state index contributed by atoms with van der Waals surface area (Å²) in [4.78, 5) is 13.8. The molecule has 0 aliphatic carbocycles. The number of pyridine rings is 2. The number of hydrogen-bond donors (Lipinski definition) is 0. The molecule has 144 valence electrons. The minimum atomic E-state index is 0.248. The van der Waals surface area contributed by atoms with Gasteiger partial charge in [0.05, 0.1) is 12.1 Å². The topological polar surface area (TPSA) is 37.2 Å². The van der Waals surface area contributed by atoms with Gasteiger partial charge in [0.15, 0.2) is 0 Å². The van der Waals surface area contributed by atoms with E-state index >= 15 is 0 Å². The molecule has 28 heavy (non-hydrogen) atoms. The van der Waals surface area contributed by atoms with Crippen LogP contribution < -0.4 is 0 Å². The predicted octanol–water partition coefficient (Wildman–Crippen LogP) is 2.97. The van der Waals surface area contributed by atoms with E-state index in [0.29, 0.717) is 0 Å². The maximum atomic E-state index is 4.42. The van der Waals surface area contributed by atoms with Crippen molar-refractivity contribution in [3.8, 4) is 0 Å². The highest BCUT2D eigenvalue weighted by molar-refractivity contribution is 5.51. The van der Waals surface area contributed by atoms with Crippen LogP contribution in [-0.4, -0.2) is 51.5 Å². The van der Waals surface area contributed by atoms with Gasteiger partial charge < -0.3 is 4.57 Å². The van der Waals surface area contributed by atoms with Gasteiger partial charge in [-0.15, -0.1) is 0 Å². The highest BCUT2D eigenvalue weighted by Crippen LogP contribution is 2.46. The lowest BCUT2D eigenvalue weighted by molar-refractivity contribution is 0.244. The van der Waals surface area contributed by atoms with Crippen molar-refractivity contribution >= 4 is 0 Å². The molecule has 0 saturated heterocycles. The van der Waals surface area contributed by atoms with Crippen LogP contribution in [0.4, 0.5) is 0 Å². The monoisotopic (exact) mass is 373 g/mol. The van der Waals surface area contributed by atoms with E-state index in [1.807, 2.05) is 24.8 Å². The molecule has 2 aliphatic heterocycles. The largest absolute Gasteiger partial charge is 0.351 e. The Labute approximate surface area is 166 Å². The fourth-order valence-electron chi connectivity index (χ4n) is 5.23. The van der Waals surface area contributed by atoms with Crippen molar-refractivity contribution in [2.45, 2.75) is 24.9 Å². The standard InChI is InChI=1S/C23H27N5/c1-26-12-8-18-20(22(26)16-6-4-10-24-14-16)21-19(28(18)3)9-13-27(2)23(21)17-7-5-11-25-15-17/h4-7,10-11,14-15,22-23H,8-9,12-13H2,1-3H3/t22-,23+. The maximum absolute atomic E-state index is 4.42. The second-order valence-electron chi connectivity index (χ2n) is 8.12. The Kier molecular flexibility index (Phi) is 4.29. The smallest absolute Gasteiger partial charge is 0.0636 e. The summed E-state index contributed by atoms with van der Waals surface area (Å²) in [6, 6.07) is 9.04. The summed E-state index contributed by atoms with van der Waals surface area (Å²) < 4.78 is 2.48. The van der Waals surface area contributed by atoms with Crippen LogP contribution in [0.5, 0.6) is 0 Å². The Morgan fingerprint density at radius 1 is 0.750 bits per heavy atom. The van der Waals surface area contributed by atoms with E-state index in [1.165, 1.54) is 33.6 Å². The van der Waals surface area contributed by atoms with Gasteiger partial charge >= 0.3 is 0 Å². The van der Waals surface area contributed by atoms with E-state index in [-0.39, 0.29) is 12.1 Å². The van der Waals surface area contributed by atoms with E-state index in [2.05, 4.69) is 69.7 Å². The van der Waals surface area contributed by atoms with E-state index < -0.39 is 0 Å². The molecule has 5 heteroatoms. The van der Waals surface area contributed by atoms with Crippen molar-refractivity contribution in [3.05, 3.63) is 82.7 Å². The Bertz CT molecular complexity index is 900. The van der Waals surface area contributed by atoms with Crippen molar-refractivity contribution < 1.29 is 0 Å². The lowest BCUT2D eigenvalue weighted by Crippen LogP contribution is -2.36. The number of hydrogen-bond acceptors (Lipinski definition) is 4. The van der Waals surface area contributed by atoms with Gasteiger partial charge in [-0.25, -0.2) is 0 Å². The number of likely N-dealkylation sites (N-methyl/N-ethyl adjacent to an activating group) is 2. The molecule has 2 aliphatic rings. The van der Waals surface area contributed by atoms with Crippen LogP contribution in [0.3, 0.4) is 0 Å². The van der Waals surface area contributed by atoms with Gasteiger partial charge in [0.2, 0.25) is 0 Å². The average Bonchev–Trinajstić information content (AvgIpc) is 3.01. The van der Waals surface area contributed by atoms with E-state index in [4.69, 9.17) is 0 Å². The molecule has 0 N–H and O–H groups in total. The van der Waals surface area contributed by atoms with Gasteiger partial charge in [0.1, 0.15) is 0 Å². The molecule has 5 heterocycles. The van der Waals surface area contributed by atoms with Gasteiger partial charge in [-0.1, -0.05) is 12.1 Å². The molecule has 5 rings (SSSR count). The molecule has 0 saturated carbocycles.